The lowest BCUT2D eigenvalue weighted by Gasteiger charge is -2.37. The minimum absolute atomic E-state index is 0.330. The Balaban J connectivity index is 2.12. The van der Waals surface area contributed by atoms with E-state index in [-0.39, 0.29) is 0 Å². The maximum absolute atomic E-state index is 4.14. The number of halogens is 1. The SMILES string of the molecule is CC1(C)CN(c2nnc(Br)s2)CCS1. The molecule has 78 valence electrons. The molecule has 1 saturated heterocycles. The molecule has 0 atom stereocenters. The summed E-state index contributed by atoms with van der Waals surface area (Å²) in [7, 11) is 0. The van der Waals surface area contributed by atoms with E-state index in [4.69, 9.17) is 0 Å². The van der Waals surface area contributed by atoms with Gasteiger partial charge in [0.15, 0.2) is 3.92 Å². The Morgan fingerprint density at radius 2 is 2.21 bits per heavy atom. The largest absolute Gasteiger partial charge is 0.344 e. The molecule has 1 aromatic rings. The topological polar surface area (TPSA) is 29.0 Å². The predicted molar refractivity (Wildman–Crippen MR) is 66.4 cm³/mol. The van der Waals surface area contributed by atoms with E-state index in [1.54, 1.807) is 11.3 Å². The van der Waals surface area contributed by atoms with Crippen molar-refractivity contribution in [1.82, 2.24) is 10.2 Å². The van der Waals surface area contributed by atoms with Gasteiger partial charge in [-0.15, -0.1) is 10.2 Å². The summed E-state index contributed by atoms with van der Waals surface area (Å²) in [5, 5.41) is 9.15. The average Bonchev–Trinajstić information content (AvgIpc) is 2.50. The maximum atomic E-state index is 4.14. The van der Waals surface area contributed by atoms with Crippen LogP contribution in [0.15, 0.2) is 3.92 Å². The van der Waals surface area contributed by atoms with Crippen LogP contribution in [-0.4, -0.2) is 33.8 Å². The highest BCUT2D eigenvalue weighted by Gasteiger charge is 2.28. The first-order chi connectivity index (χ1) is 6.57. The number of hydrogen-bond donors (Lipinski definition) is 0. The van der Waals surface area contributed by atoms with Gasteiger partial charge >= 0.3 is 0 Å². The predicted octanol–water partition coefficient (Wildman–Crippen LogP) is 2.63. The molecule has 0 radical (unpaired) electrons. The van der Waals surface area contributed by atoms with Gasteiger partial charge in [0.25, 0.3) is 0 Å². The molecule has 0 unspecified atom stereocenters. The van der Waals surface area contributed by atoms with Gasteiger partial charge in [-0.05, 0) is 29.8 Å². The first-order valence-electron chi connectivity index (χ1n) is 4.45. The van der Waals surface area contributed by atoms with Gasteiger partial charge in [0.05, 0.1) is 0 Å². The van der Waals surface area contributed by atoms with Crippen LogP contribution in [0.4, 0.5) is 5.13 Å². The van der Waals surface area contributed by atoms with Crippen molar-refractivity contribution >= 4 is 44.2 Å². The van der Waals surface area contributed by atoms with Gasteiger partial charge in [-0.3, -0.25) is 0 Å². The van der Waals surface area contributed by atoms with Gasteiger partial charge in [-0.2, -0.15) is 11.8 Å². The van der Waals surface area contributed by atoms with E-state index in [1.807, 2.05) is 11.8 Å². The van der Waals surface area contributed by atoms with Gasteiger partial charge in [0, 0.05) is 23.6 Å². The molecule has 1 aliphatic heterocycles. The highest BCUT2D eigenvalue weighted by atomic mass is 79.9. The van der Waals surface area contributed by atoms with Crippen LogP contribution in [-0.2, 0) is 0 Å². The summed E-state index contributed by atoms with van der Waals surface area (Å²) in [6, 6.07) is 0. The van der Waals surface area contributed by atoms with Gasteiger partial charge in [0.2, 0.25) is 5.13 Å². The molecule has 3 nitrogen and oxygen atoms in total. The Labute approximate surface area is 100 Å². The van der Waals surface area contributed by atoms with Crippen molar-refractivity contribution in [2.45, 2.75) is 18.6 Å². The van der Waals surface area contributed by atoms with E-state index >= 15 is 0 Å². The Kier molecular flexibility index (Phi) is 3.04. The van der Waals surface area contributed by atoms with E-state index in [0.717, 1.165) is 22.1 Å². The van der Waals surface area contributed by atoms with Crippen molar-refractivity contribution in [3.8, 4) is 0 Å². The molecule has 0 aromatic carbocycles. The molecule has 14 heavy (non-hydrogen) atoms. The molecular formula is C8H12BrN3S2. The lowest BCUT2D eigenvalue weighted by atomic mass is 10.2. The van der Waals surface area contributed by atoms with Crippen LogP contribution in [0.25, 0.3) is 0 Å². The lowest BCUT2D eigenvalue weighted by molar-refractivity contribution is 0.644. The van der Waals surface area contributed by atoms with Crippen LogP contribution in [0.1, 0.15) is 13.8 Å². The number of thioether (sulfide) groups is 1. The molecular weight excluding hydrogens is 282 g/mol. The number of anilines is 1. The molecule has 0 amide bonds. The zero-order valence-corrected chi connectivity index (χ0v) is 11.4. The van der Waals surface area contributed by atoms with Crippen LogP contribution in [0.5, 0.6) is 0 Å². The number of hydrogen-bond acceptors (Lipinski definition) is 5. The number of rotatable bonds is 1. The normalized spacial score (nSPS) is 21.2. The second kappa shape index (κ2) is 3.98. The van der Waals surface area contributed by atoms with Crippen molar-refractivity contribution in [3.05, 3.63) is 3.92 Å². The summed E-state index contributed by atoms with van der Waals surface area (Å²) in [6.07, 6.45) is 0. The maximum Gasteiger partial charge on any atom is 0.209 e. The van der Waals surface area contributed by atoms with Gasteiger partial charge < -0.3 is 4.90 Å². The van der Waals surface area contributed by atoms with Crippen molar-refractivity contribution < 1.29 is 0 Å². The smallest absolute Gasteiger partial charge is 0.209 e. The van der Waals surface area contributed by atoms with Gasteiger partial charge in [-0.1, -0.05) is 11.3 Å². The molecule has 1 fully saturated rings. The van der Waals surface area contributed by atoms with Crippen molar-refractivity contribution in [1.29, 1.82) is 0 Å². The Bertz CT molecular complexity index is 326. The molecule has 0 aliphatic carbocycles. The third kappa shape index (κ3) is 2.41. The summed E-state index contributed by atoms with van der Waals surface area (Å²) in [5.74, 6) is 1.17. The quantitative estimate of drug-likeness (QED) is 0.796. The Morgan fingerprint density at radius 3 is 2.79 bits per heavy atom. The van der Waals surface area contributed by atoms with E-state index in [1.165, 1.54) is 5.75 Å². The summed E-state index contributed by atoms with van der Waals surface area (Å²) < 4.78 is 1.19. The fraction of sp³-hybridized carbons (Fsp3) is 0.750. The van der Waals surface area contributed by atoms with Gasteiger partial charge in [0.1, 0.15) is 0 Å². The highest BCUT2D eigenvalue weighted by molar-refractivity contribution is 9.11. The molecule has 2 heterocycles. The van der Waals surface area contributed by atoms with E-state index in [2.05, 4.69) is 44.9 Å². The number of aromatic nitrogens is 2. The van der Waals surface area contributed by atoms with Crippen LogP contribution >= 0.6 is 39.0 Å². The fourth-order valence-corrected chi connectivity index (χ4v) is 3.73. The second-order valence-corrected chi connectivity index (χ2v) is 7.90. The summed E-state index contributed by atoms with van der Waals surface area (Å²) in [5.41, 5.74) is 0. The van der Waals surface area contributed by atoms with Crippen LogP contribution in [0.3, 0.4) is 0 Å². The van der Waals surface area contributed by atoms with Crippen LogP contribution in [0.2, 0.25) is 0 Å². The molecule has 2 rings (SSSR count). The van der Waals surface area contributed by atoms with E-state index in [9.17, 15) is 0 Å². The molecule has 6 heteroatoms. The monoisotopic (exact) mass is 293 g/mol. The van der Waals surface area contributed by atoms with E-state index in [0.29, 0.717) is 4.75 Å². The first kappa shape index (κ1) is 10.7. The fourth-order valence-electron chi connectivity index (χ4n) is 1.51. The van der Waals surface area contributed by atoms with Crippen molar-refractivity contribution in [3.63, 3.8) is 0 Å². The minimum atomic E-state index is 0.330. The highest BCUT2D eigenvalue weighted by Crippen LogP contribution is 2.33. The van der Waals surface area contributed by atoms with Crippen molar-refractivity contribution in [2.24, 2.45) is 0 Å². The third-order valence-corrected chi connectivity index (χ3v) is 4.80. The van der Waals surface area contributed by atoms with Crippen molar-refractivity contribution in [2.75, 3.05) is 23.7 Å². The molecule has 0 N–H and O–H groups in total. The Hall–Kier alpha value is 0.190. The summed E-state index contributed by atoms with van der Waals surface area (Å²) in [4.78, 5) is 2.32. The Morgan fingerprint density at radius 1 is 1.43 bits per heavy atom. The average molecular weight is 294 g/mol. The summed E-state index contributed by atoms with van der Waals surface area (Å²) >= 11 is 6.98. The first-order valence-corrected chi connectivity index (χ1v) is 7.04. The van der Waals surface area contributed by atoms with Crippen LogP contribution in [0, 0.1) is 0 Å². The number of nitrogens with zero attached hydrogens (tertiary/aromatic N) is 3. The van der Waals surface area contributed by atoms with Crippen LogP contribution < -0.4 is 4.90 Å². The molecule has 1 aromatic heterocycles. The standard InChI is InChI=1S/C8H12BrN3S2/c1-8(2)5-12(3-4-13-8)7-11-10-6(9)14-7/h3-5H2,1-2H3. The summed E-state index contributed by atoms with van der Waals surface area (Å²) in [6.45, 7) is 6.69. The minimum Gasteiger partial charge on any atom is -0.344 e. The zero-order chi connectivity index (χ0) is 10.2. The second-order valence-electron chi connectivity index (χ2n) is 3.87. The molecule has 1 aliphatic rings. The zero-order valence-electron chi connectivity index (χ0n) is 8.16. The molecule has 0 spiro atoms. The van der Waals surface area contributed by atoms with Gasteiger partial charge in [-0.25, -0.2) is 0 Å². The van der Waals surface area contributed by atoms with E-state index < -0.39 is 0 Å². The molecule has 0 saturated carbocycles. The third-order valence-electron chi connectivity index (χ3n) is 2.09. The lowest BCUT2D eigenvalue weighted by Crippen LogP contribution is -2.43. The molecule has 0 bridgehead atoms.